The number of nitrogens with zero attached hydrogens (tertiary/aromatic N) is 1. The summed E-state index contributed by atoms with van der Waals surface area (Å²) < 4.78 is 1.81. The summed E-state index contributed by atoms with van der Waals surface area (Å²) in [5.74, 6) is 0. The van der Waals surface area contributed by atoms with Crippen molar-refractivity contribution in [1.82, 2.24) is 4.57 Å². The Kier molecular flexibility index (Phi) is 3.40. The molecule has 0 aliphatic rings. The SMILES string of the molecule is Cn1c(C(C)(C)C)c(-c2ccccc2)c2ccccc2c1=O. The zero-order chi connectivity index (χ0) is 15.9. The molecule has 22 heavy (non-hydrogen) atoms. The van der Waals surface area contributed by atoms with E-state index in [9.17, 15) is 4.79 Å². The first-order valence-corrected chi connectivity index (χ1v) is 7.59. The molecule has 112 valence electrons. The molecule has 0 unspecified atom stereocenters. The number of hydrogen-bond donors (Lipinski definition) is 0. The maximum atomic E-state index is 12.7. The van der Waals surface area contributed by atoms with Gasteiger partial charge in [0.05, 0.1) is 0 Å². The van der Waals surface area contributed by atoms with Crippen molar-refractivity contribution < 1.29 is 0 Å². The second-order valence-corrected chi connectivity index (χ2v) is 6.75. The van der Waals surface area contributed by atoms with E-state index in [-0.39, 0.29) is 11.0 Å². The molecule has 2 aromatic carbocycles. The van der Waals surface area contributed by atoms with Crippen LogP contribution in [0.1, 0.15) is 26.5 Å². The van der Waals surface area contributed by atoms with Crippen molar-refractivity contribution in [2.45, 2.75) is 26.2 Å². The summed E-state index contributed by atoms with van der Waals surface area (Å²) in [5.41, 5.74) is 3.33. The van der Waals surface area contributed by atoms with Gasteiger partial charge >= 0.3 is 0 Å². The minimum Gasteiger partial charge on any atom is -0.314 e. The number of benzene rings is 2. The third-order valence-electron chi connectivity index (χ3n) is 4.08. The summed E-state index contributed by atoms with van der Waals surface area (Å²) in [6.45, 7) is 6.47. The highest BCUT2D eigenvalue weighted by Gasteiger charge is 2.25. The molecule has 0 fully saturated rings. The first-order valence-electron chi connectivity index (χ1n) is 7.59. The first kappa shape index (κ1) is 14.6. The fourth-order valence-corrected chi connectivity index (χ4v) is 3.24. The van der Waals surface area contributed by atoms with Crippen molar-refractivity contribution in [3.63, 3.8) is 0 Å². The van der Waals surface area contributed by atoms with Crippen LogP contribution in [0.25, 0.3) is 21.9 Å². The van der Waals surface area contributed by atoms with E-state index in [1.165, 1.54) is 0 Å². The predicted octanol–water partition coefficient (Wildman–Crippen LogP) is 4.50. The van der Waals surface area contributed by atoms with Crippen LogP contribution in [0.15, 0.2) is 59.4 Å². The highest BCUT2D eigenvalue weighted by atomic mass is 16.1. The van der Waals surface area contributed by atoms with E-state index in [1.807, 2.05) is 54.1 Å². The molecule has 0 radical (unpaired) electrons. The molecule has 0 saturated carbocycles. The van der Waals surface area contributed by atoms with Crippen molar-refractivity contribution in [3.8, 4) is 11.1 Å². The van der Waals surface area contributed by atoms with Gasteiger partial charge in [-0.3, -0.25) is 4.79 Å². The van der Waals surface area contributed by atoms with Gasteiger partial charge in [0.2, 0.25) is 0 Å². The summed E-state index contributed by atoms with van der Waals surface area (Å²) in [6, 6.07) is 18.2. The molecule has 3 rings (SSSR count). The zero-order valence-corrected chi connectivity index (χ0v) is 13.6. The lowest BCUT2D eigenvalue weighted by Gasteiger charge is -2.27. The molecule has 1 heterocycles. The lowest BCUT2D eigenvalue weighted by Crippen LogP contribution is -2.29. The van der Waals surface area contributed by atoms with E-state index in [1.54, 1.807) is 0 Å². The molecule has 1 aromatic heterocycles. The highest BCUT2D eigenvalue weighted by Crippen LogP contribution is 2.36. The lowest BCUT2D eigenvalue weighted by atomic mass is 9.83. The lowest BCUT2D eigenvalue weighted by molar-refractivity contribution is 0.535. The Morgan fingerprint density at radius 1 is 0.818 bits per heavy atom. The van der Waals surface area contributed by atoms with Gasteiger partial charge in [0.25, 0.3) is 5.56 Å². The van der Waals surface area contributed by atoms with E-state index >= 15 is 0 Å². The summed E-state index contributed by atoms with van der Waals surface area (Å²) in [5, 5.41) is 1.80. The maximum Gasteiger partial charge on any atom is 0.258 e. The van der Waals surface area contributed by atoms with Crippen molar-refractivity contribution in [2.24, 2.45) is 7.05 Å². The minimum absolute atomic E-state index is 0.0696. The zero-order valence-electron chi connectivity index (χ0n) is 13.6. The third kappa shape index (κ3) is 2.25. The summed E-state index contributed by atoms with van der Waals surface area (Å²) >= 11 is 0. The molecular formula is C20H21NO. The molecule has 0 spiro atoms. The fraction of sp³-hybridized carbons (Fsp3) is 0.250. The molecule has 0 amide bonds. The highest BCUT2D eigenvalue weighted by molar-refractivity contribution is 5.97. The molecule has 2 heteroatoms. The normalized spacial score (nSPS) is 11.8. The second-order valence-electron chi connectivity index (χ2n) is 6.75. The quantitative estimate of drug-likeness (QED) is 0.647. The second kappa shape index (κ2) is 5.13. The van der Waals surface area contributed by atoms with Gasteiger partial charge in [-0.15, -0.1) is 0 Å². The van der Waals surface area contributed by atoms with Crippen LogP contribution in [-0.4, -0.2) is 4.57 Å². The summed E-state index contributed by atoms with van der Waals surface area (Å²) in [6.07, 6.45) is 0. The van der Waals surface area contributed by atoms with Gasteiger partial charge in [-0.2, -0.15) is 0 Å². The van der Waals surface area contributed by atoms with Gasteiger partial charge in [-0.1, -0.05) is 69.3 Å². The van der Waals surface area contributed by atoms with Gasteiger partial charge in [0.15, 0.2) is 0 Å². The Labute approximate surface area is 131 Å². The number of rotatable bonds is 1. The van der Waals surface area contributed by atoms with Crippen LogP contribution in [0.2, 0.25) is 0 Å². The van der Waals surface area contributed by atoms with Crippen molar-refractivity contribution in [2.75, 3.05) is 0 Å². The summed E-state index contributed by atoms with van der Waals surface area (Å²) in [7, 11) is 1.88. The van der Waals surface area contributed by atoms with Gasteiger partial charge in [0, 0.05) is 29.1 Å². The topological polar surface area (TPSA) is 22.0 Å². The van der Waals surface area contributed by atoms with E-state index in [0.29, 0.717) is 0 Å². The average Bonchev–Trinajstić information content (AvgIpc) is 2.50. The van der Waals surface area contributed by atoms with Crippen LogP contribution in [0, 0.1) is 0 Å². The molecule has 0 bridgehead atoms. The largest absolute Gasteiger partial charge is 0.314 e. The maximum absolute atomic E-state index is 12.7. The standard InChI is InChI=1S/C20H21NO/c1-20(2,3)18-17(14-10-6-5-7-11-14)15-12-8-9-13-16(15)19(22)21(18)4/h5-13H,1-4H3. The monoisotopic (exact) mass is 291 g/mol. The Hall–Kier alpha value is -2.35. The van der Waals surface area contributed by atoms with Gasteiger partial charge in [-0.25, -0.2) is 0 Å². The fourth-order valence-electron chi connectivity index (χ4n) is 3.24. The van der Waals surface area contributed by atoms with Crippen LogP contribution in [0.4, 0.5) is 0 Å². The number of pyridine rings is 1. The van der Waals surface area contributed by atoms with Crippen LogP contribution >= 0.6 is 0 Å². The minimum atomic E-state index is -0.122. The van der Waals surface area contributed by atoms with Crippen LogP contribution in [0.3, 0.4) is 0 Å². The number of aromatic nitrogens is 1. The molecule has 0 N–H and O–H groups in total. The van der Waals surface area contributed by atoms with Crippen LogP contribution in [0.5, 0.6) is 0 Å². The predicted molar refractivity (Wildman–Crippen MR) is 93.3 cm³/mol. The molecule has 0 aliphatic carbocycles. The van der Waals surface area contributed by atoms with Crippen molar-refractivity contribution in [1.29, 1.82) is 0 Å². The molecular weight excluding hydrogens is 270 g/mol. The molecule has 3 aromatic rings. The average molecular weight is 291 g/mol. The van der Waals surface area contributed by atoms with Crippen LogP contribution in [-0.2, 0) is 12.5 Å². The van der Waals surface area contributed by atoms with Gasteiger partial charge in [0.1, 0.15) is 0 Å². The molecule has 0 saturated heterocycles. The smallest absolute Gasteiger partial charge is 0.258 e. The Morgan fingerprint density at radius 2 is 1.36 bits per heavy atom. The Balaban J connectivity index is 2.57. The van der Waals surface area contributed by atoms with E-state index < -0.39 is 0 Å². The van der Waals surface area contributed by atoms with E-state index in [2.05, 4.69) is 32.9 Å². The summed E-state index contributed by atoms with van der Waals surface area (Å²) in [4.78, 5) is 12.7. The molecule has 0 atom stereocenters. The Bertz CT molecular complexity index is 883. The van der Waals surface area contributed by atoms with Crippen molar-refractivity contribution >= 4 is 10.8 Å². The molecule has 0 aliphatic heterocycles. The van der Waals surface area contributed by atoms with Gasteiger partial charge < -0.3 is 4.57 Å². The number of hydrogen-bond acceptors (Lipinski definition) is 1. The van der Waals surface area contributed by atoms with Crippen LogP contribution < -0.4 is 5.56 Å². The van der Waals surface area contributed by atoms with E-state index in [0.717, 1.165) is 27.6 Å². The van der Waals surface area contributed by atoms with Crippen molar-refractivity contribution in [3.05, 3.63) is 70.6 Å². The van der Waals surface area contributed by atoms with E-state index in [4.69, 9.17) is 0 Å². The Morgan fingerprint density at radius 3 is 1.95 bits per heavy atom. The number of fused-ring (bicyclic) bond motifs is 1. The van der Waals surface area contributed by atoms with Gasteiger partial charge in [-0.05, 0) is 17.0 Å². The first-order chi connectivity index (χ1) is 10.4. The third-order valence-corrected chi connectivity index (χ3v) is 4.08. The molecule has 2 nitrogen and oxygen atoms in total.